The first kappa shape index (κ1) is 18.9. The molecule has 148 valence electrons. The van der Waals surface area contributed by atoms with Crippen LogP contribution in [0.5, 0.6) is 0 Å². The van der Waals surface area contributed by atoms with Gasteiger partial charge in [-0.15, -0.1) is 0 Å². The van der Waals surface area contributed by atoms with E-state index in [-0.39, 0.29) is 18.2 Å². The minimum atomic E-state index is -0.111. The van der Waals surface area contributed by atoms with Gasteiger partial charge in [0.1, 0.15) is 5.82 Å². The first-order valence-electron chi connectivity index (χ1n) is 9.63. The number of rotatable bonds is 4. The topological polar surface area (TPSA) is 87.2 Å². The standard InChI is InChI=1S/C22H23N5O2/c1-14-17-5-3-4-6-19(17)25-15(2)18(14)11-21(28)26-16-7-8-20(24-12-16)27-10-9-23-22(29)13-27/h3-8,12H,9-11,13H2,1-2H3,(H,23,29)(H,26,28). The maximum absolute atomic E-state index is 12.6. The molecule has 3 aromatic rings. The quantitative estimate of drug-likeness (QED) is 0.715. The smallest absolute Gasteiger partial charge is 0.239 e. The van der Waals surface area contributed by atoms with Crippen LogP contribution < -0.4 is 15.5 Å². The van der Waals surface area contributed by atoms with Gasteiger partial charge in [0.25, 0.3) is 0 Å². The summed E-state index contributed by atoms with van der Waals surface area (Å²) in [5, 5.41) is 6.76. The molecule has 4 rings (SSSR count). The maximum atomic E-state index is 12.6. The zero-order valence-electron chi connectivity index (χ0n) is 16.5. The molecule has 2 N–H and O–H groups in total. The lowest BCUT2D eigenvalue weighted by molar-refractivity contribution is -0.120. The molecule has 1 aliphatic heterocycles. The largest absolute Gasteiger partial charge is 0.353 e. The first-order chi connectivity index (χ1) is 14.0. The summed E-state index contributed by atoms with van der Waals surface area (Å²) in [5.41, 5.74) is 4.47. The highest BCUT2D eigenvalue weighted by Crippen LogP contribution is 2.23. The summed E-state index contributed by atoms with van der Waals surface area (Å²) < 4.78 is 0. The van der Waals surface area contributed by atoms with Gasteiger partial charge in [0.05, 0.1) is 30.4 Å². The number of anilines is 2. The first-order valence-corrected chi connectivity index (χ1v) is 9.63. The van der Waals surface area contributed by atoms with Crippen LogP contribution in [0.3, 0.4) is 0 Å². The number of aromatic nitrogens is 2. The number of benzene rings is 1. The van der Waals surface area contributed by atoms with E-state index in [1.54, 1.807) is 6.20 Å². The van der Waals surface area contributed by atoms with Crippen LogP contribution in [-0.4, -0.2) is 41.4 Å². The Hall–Kier alpha value is -3.48. The molecule has 0 radical (unpaired) electrons. The molecule has 1 saturated heterocycles. The van der Waals surface area contributed by atoms with Crippen molar-refractivity contribution in [1.82, 2.24) is 15.3 Å². The van der Waals surface area contributed by atoms with E-state index in [9.17, 15) is 9.59 Å². The van der Waals surface area contributed by atoms with Gasteiger partial charge in [0.15, 0.2) is 0 Å². The lowest BCUT2D eigenvalue weighted by Gasteiger charge is -2.27. The van der Waals surface area contributed by atoms with Gasteiger partial charge < -0.3 is 15.5 Å². The molecule has 7 nitrogen and oxygen atoms in total. The van der Waals surface area contributed by atoms with Crippen molar-refractivity contribution in [3.8, 4) is 0 Å². The average Bonchev–Trinajstić information content (AvgIpc) is 2.72. The Morgan fingerprint density at radius 2 is 2.03 bits per heavy atom. The van der Waals surface area contributed by atoms with E-state index >= 15 is 0 Å². The number of carbonyl (C=O) groups is 2. The van der Waals surface area contributed by atoms with Crippen molar-refractivity contribution in [3.05, 3.63) is 59.4 Å². The minimum Gasteiger partial charge on any atom is -0.353 e. The lowest BCUT2D eigenvalue weighted by atomic mass is 9.99. The van der Waals surface area contributed by atoms with Crippen LogP contribution in [0.4, 0.5) is 11.5 Å². The van der Waals surface area contributed by atoms with Crippen molar-refractivity contribution in [2.24, 2.45) is 0 Å². The molecule has 0 unspecified atom stereocenters. The number of carbonyl (C=O) groups excluding carboxylic acids is 2. The SMILES string of the molecule is Cc1nc2ccccc2c(C)c1CC(=O)Nc1ccc(N2CCNC(=O)C2)nc1. The molecule has 0 bridgehead atoms. The highest BCUT2D eigenvalue weighted by molar-refractivity contribution is 5.94. The molecule has 0 atom stereocenters. The molecule has 3 heterocycles. The summed E-state index contributed by atoms with van der Waals surface area (Å²) >= 11 is 0. The number of hydrogen-bond donors (Lipinski definition) is 2. The molecule has 0 spiro atoms. The van der Waals surface area contributed by atoms with Crippen LogP contribution in [-0.2, 0) is 16.0 Å². The van der Waals surface area contributed by atoms with E-state index in [0.717, 1.165) is 40.1 Å². The molecule has 1 aromatic carbocycles. The van der Waals surface area contributed by atoms with E-state index in [4.69, 9.17) is 0 Å². The number of hydrogen-bond acceptors (Lipinski definition) is 5. The Labute approximate surface area is 169 Å². The van der Waals surface area contributed by atoms with Gasteiger partial charge in [-0.1, -0.05) is 18.2 Å². The number of piperazine rings is 1. The Balaban J connectivity index is 1.46. The summed E-state index contributed by atoms with van der Waals surface area (Å²) in [4.78, 5) is 35.1. The van der Waals surface area contributed by atoms with E-state index in [2.05, 4.69) is 20.6 Å². The van der Waals surface area contributed by atoms with Gasteiger partial charge in [-0.2, -0.15) is 0 Å². The molecular weight excluding hydrogens is 366 g/mol. The van der Waals surface area contributed by atoms with Crippen LogP contribution in [0.25, 0.3) is 10.9 Å². The summed E-state index contributed by atoms with van der Waals surface area (Å²) in [6.45, 7) is 5.60. The predicted molar refractivity (Wildman–Crippen MR) is 113 cm³/mol. The van der Waals surface area contributed by atoms with Crippen molar-refractivity contribution < 1.29 is 9.59 Å². The van der Waals surface area contributed by atoms with Crippen molar-refractivity contribution in [1.29, 1.82) is 0 Å². The number of pyridine rings is 2. The zero-order chi connectivity index (χ0) is 20.4. The fourth-order valence-corrected chi connectivity index (χ4v) is 3.68. The van der Waals surface area contributed by atoms with E-state index in [1.165, 1.54) is 0 Å². The lowest BCUT2D eigenvalue weighted by Crippen LogP contribution is -2.48. The zero-order valence-corrected chi connectivity index (χ0v) is 16.5. The second-order valence-corrected chi connectivity index (χ2v) is 7.22. The van der Waals surface area contributed by atoms with Gasteiger partial charge in [-0.3, -0.25) is 14.6 Å². The molecule has 0 aliphatic carbocycles. The number of nitrogens with zero attached hydrogens (tertiary/aromatic N) is 3. The average molecular weight is 389 g/mol. The van der Waals surface area contributed by atoms with Crippen LogP contribution in [0.1, 0.15) is 16.8 Å². The van der Waals surface area contributed by atoms with Crippen LogP contribution >= 0.6 is 0 Å². The van der Waals surface area contributed by atoms with Crippen molar-refractivity contribution in [2.75, 3.05) is 29.9 Å². The second-order valence-electron chi connectivity index (χ2n) is 7.22. The van der Waals surface area contributed by atoms with E-state index in [1.807, 2.05) is 55.1 Å². The summed E-state index contributed by atoms with van der Waals surface area (Å²) in [7, 11) is 0. The van der Waals surface area contributed by atoms with Crippen LogP contribution in [0, 0.1) is 13.8 Å². The molecule has 7 heteroatoms. The third-order valence-electron chi connectivity index (χ3n) is 5.22. The van der Waals surface area contributed by atoms with Gasteiger partial charge >= 0.3 is 0 Å². The Morgan fingerprint density at radius 3 is 2.79 bits per heavy atom. The number of aryl methyl sites for hydroxylation is 2. The molecule has 0 saturated carbocycles. The number of amides is 2. The Bertz CT molecular complexity index is 1080. The van der Waals surface area contributed by atoms with E-state index in [0.29, 0.717) is 18.8 Å². The third-order valence-corrected chi connectivity index (χ3v) is 5.22. The number of fused-ring (bicyclic) bond motifs is 1. The van der Waals surface area contributed by atoms with Crippen molar-refractivity contribution in [2.45, 2.75) is 20.3 Å². The fourth-order valence-electron chi connectivity index (χ4n) is 3.68. The third kappa shape index (κ3) is 4.03. The van der Waals surface area contributed by atoms with Crippen molar-refractivity contribution in [3.63, 3.8) is 0 Å². The summed E-state index contributed by atoms with van der Waals surface area (Å²) in [5.74, 6) is 0.605. The summed E-state index contributed by atoms with van der Waals surface area (Å²) in [6, 6.07) is 11.6. The Morgan fingerprint density at radius 1 is 1.21 bits per heavy atom. The Kier molecular flexibility index (Phi) is 5.12. The molecule has 1 fully saturated rings. The monoisotopic (exact) mass is 389 g/mol. The summed E-state index contributed by atoms with van der Waals surface area (Å²) in [6.07, 6.45) is 1.88. The molecular formula is C22H23N5O2. The van der Waals surface area contributed by atoms with Crippen LogP contribution in [0.2, 0.25) is 0 Å². The molecule has 2 aromatic heterocycles. The van der Waals surface area contributed by atoms with Gasteiger partial charge in [-0.05, 0) is 43.2 Å². The number of para-hydroxylation sites is 1. The molecule has 2 amide bonds. The van der Waals surface area contributed by atoms with E-state index < -0.39 is 0 Å². The molecule has 29 heavy (non-hydrogen) atoms. The van der Waals surface area contributed by atoms with Gasteiger partial charge in [-0.25, -0.2) is 4.98 Å². The highest BCUT2D eigenvalue weighted by atomic mass is 16.2. The van der Waals surface area contributed by atoms with Gasteiger partial charge in [0.2, 0.25) is 11.8 Å². The van der Waals surface area contributed by atoms with Crippen molar-refractivity contribution >= 4 is 34.2 Å². The minimum absolute atomic E-state index is 0.00911. The van der Waals surface area contributed by atoms with Gasteiger partial charge in [0, 0.05) is 24.2 Å². The second kappa shape index (κ2) is 7.87. The maximum Gasteiger partial charge on any atom is 0.239 e. The number of nitrogens with one attached hydrogen (secondary N) is 2. The predicted octanol–water partition coefficient (Wildman–Crippen LogP) is 2.36. The normalized spacial score (nSPS) is 14.0. The highest BCUT2D eigenvalue weighted by Gasteiger charge is 2.18. The van der Waals surface area contributed by atoms with Crippen LogP contribution in [0.15, 0.2) is 42.6 Å². The fraction of sp³-hybridized carbons (Fsp3) is 0.273. The molecule has 1 aliphatic rings.